The van der Waals surface area contributed by atoms with E-state index in [9.17, 15) is 30.4 Å². The molecule has 1 atom stereocenters. The number of rotatable bonds is 2. The minimum Gasteiger partial charge on any atom is -0.418 e. The lowest BCUT2D eigenvalue weighted by atomic mass is 9.98. The van der Waals surface area contributed by atoms with Crippen LogP contribution in [0.3, 0.4) is 0 Å². The molecule has 1 heterocycles. The van der Waals surface area contributed by atoms with E-state index in [0.717, 1.165) is 49.5 Å². The zero-order chi connectivity index (χ0) is 21.1. The molecule has 0 amide bonds. The molecular formula is C19H24BF7S. The number of halogens is 7. The van der Waals surface area contributed by atoms with Crippen LogP contribution in [0.1, 0.15) is 74.6 Å². The van der Waals surface area contributed by atoms with Crippen LogP contribution in [0.15, 0.2) is 24.3 Å². The summed E-state index contributed by atoms with van der Waals surface area (Å²) in [5, 5.41) is 0.786. The molecule has 1 fully saturated rings. The Bertz CT molecular complexity index is 763. The van der Waals surface area contributed by atoms with E-state index in [2.05, 4.69) is 0 Å². The van der Waals surface area contributed by atoms with E-state index in [0.29, 0.717) is 9.58 Å². The molecule has 2 aromatic rings. The summed E-state index contributed by atoms with van der Waals surface area (Å²) in [6.07, 6.45) is 6.27. The van der Waals surface area contributed by atoms with Gasteiger partial charge in [0.1, 0.15) is 0 Å². The van der Waals surface area contributed by atoms with Gasteiger partial charge in [-0.05, 0) is 30.4 Å². The third kappa shape index (κ3) is 6.39. The topological polar surface area (TPSA) is 0 Å². The Morgan fingerprint density at radius 3 is 1.93 bits per heavy atom. The maximum Gasteiger partial charge on any atom is 0.673 e. The molecular weight excluding hydrogens is 404 g/mol. The van der Waals surface area contributed by atoms with E-state index >= 15 is 0 Å². The van der Waals surface area contributed by atoms with E-state index < -0.39 is 23.2 Å². The number of fused-ring (bicyclic) bond motifs is 1. The summed E-state index contributed by atoms with van der Waals surface area (Å²) in [5.41, 5.74) is -3.17. The van der Waals surface area contributed by atoms with Gasteiger partial charge < -0.3 is 17.3 Å². The van der Waals surface area contributed by atoms with Crippen LogP contribution in [0, 0.1) is 0 Å². The molecule has 0 spiro atoms. The Kier molecular flexibility index (Phi) is 7.45. The Labute approximate surface area is 163 Å². The molecule has 1 aromatic heterocycles. The van der Waals surface area contributed by atoms with E-state index in [1.807, 2.05) is 32.0 Å². The summed E-state index contributed by atoms with van der Waals surface area (Å²) in [5.74, 6) is 0.360. The van der Waals surface area contributed by atoms with Crippen LogP contribution in [0.4, 0.5) is 30.4 Å². The fraction of sp³-hybridized carbons (Fsp3) is 0.579. The highest BCUT2D eigenvalue weighted by Crippen LogP contribution is 2.55. The Balaban J connectivity index is 0.000000500. The predicted octanol–water partition coefficient (Wildman–Crippen LogP) is 8.93. The van der Waals surface area contributed by atoms with Gasteiger partial charge in [-0.1, -0.05) is 45.6 Å². The minimum atomic E-state index is -6.00. The van der Waals surface area contributed by atoms with Crippen molar-refractivity contribution in [2.45, 2.75) is 69.7 Å². The lowest BCUT2D eigenvalue weighted by molar-refractivity contribution is -0.0868. The normalized spacial score (nSPS) is 17.4. The number of thiophene rings is 1. The highest BCUT2D eigenvalue weighted by Gasteiger charge is 2.49. The van der Waals surface area contributed by atoms with Crippen LogP contribution >= 0.6 is 10.5 Å². The molecule has 0 nitrogen and oxygen atoms in total. The summed E-state index contributed by atoms with van der Waals surface area (Å²) in [6, 6.07) is 7.52. The zero-order valence-corrected chi connectivity index (χ0v) is 16.7. The van der Waals surface area contributed by atoms with Crippen molar-refractivity contribution in [2.24, 2.45) is 0 Å². The van der Waals surface area contributed by atoms with Gasteiger partial charge in [0.25, 0.3) is 0 Å². The number of hydrogen-bond acceptors (Lipinski definition) is 0. The lowest BCUT2D eigenvalue weighted by Gasteiger charge is -2.10. The summed E-state index contributed by atoms with van der Waals surface area (Å²) in [7, 11) is -7.73. The summed E-state index contributed by atoms with van der Waals surface area (Å²) >= 11 is 0. The van der Waals surface area contributed by atoms with Gasteiger partial charge in [0.2, 0.25) is 0 Å². The highest BCUT2D eigenvalue weighted by atomic mass is 32.2. The van der Waals surface area contributed by atoms with Gasteiger partial charge in [0.05, 0.1) is 10.5 Å². The lowest BCUT2D eigenvalue weighted by Crippen LogP contribution is -2.02. The molecule has 3 rings (SSSR count). The fourth-order valence-corrected chi connectivity index (χ4v) is 5.85. The molecule has 1 aliphatic carbocycles. The second kappa shape index (κ2) is 9.05. The van der Waals surface area contributed by atoms with Crippen molar-refractivity contribution in [2.75, 3.05) is 0 Å². The average Bonchev–Trinajstić information content (AvgIpc) is 2.72. The van der Waals surface area contributed by atoms with Crippen LogP contribution < -0.4 is 0 Å². The molecule has 0 N–H and O–H groups in total. The third-order valence-corrected chi connectivity index (χ3v) is 7.13. The Morgan fingerprint density at radius 1 is 0.929 bits per heavy atom. The van der Waals surface area contributed by atoms with Gasteiger partial charge in [-0.3, -0.25) is 0 Å². The standard InChI is InChI=1S/C19H24F3S.BF4/c1-13(2)15-9-10-16-12-17(14-7-5-3-4-6-8-14)23(18(16)11-15)19(20,21)22;2-1(3,4)5/h9-14H,3-8H2,1-2H3;/q+1;-1. The molecule has 28 heavy (non-hydrogen) atoms. The first-order valence-electron chi connectivity index (χ1n) is 9.42. The highest BCUT2D eigenvalue weighted by molar-refractivity contribution is 7.38. The molecule has 1 aromatic carbocycles. The summed E-state index contributed by atoms with van der Waals surface area (Å²) in [4.78, 5) is 0.648. The van der Waals surface area contributed by atoms with Crippen LogP contribution in [0.5, 0.6) is 0 Å². The predicted molar refractivity (Wildman–Crippen MR) is 102 cm³/mol. The van der Waals surface area contributed by atoms with Crippen molar-refractivity contribution >= 4 is 27.8 Å². The second-order valence-electron chi connectivity index (χ2n) is 7.43. The zero-order valence-electron chi connectivity index (χ0n) is 15.8. The van der Waals surface area contributed by atoms with E-state index in [1.54, 1.807) is 6.07 Å². The number of hydrogen-bond donors (Lipinski definition) is 0. The molecule has 158 valence electrons. The van der Waals surface area contributed by atoms with Crippen molar-refractivity contribution in [3.63, 3.8) is 0 Å². The van der Waals surface area contributed by atoms with Crippen molar-refractivity contribution < 1.29 is 30.4 Å². The number of alkyl halides is 3. The Hall–Kier alpha value is -1.25. The summed E-state index contributed by atoms with van der Waals surface area (Å²) in [6.45, 7) is 4.06. The van der Waals surface area contributed by atoms with E-state index in [4.69, 9.17) is 0 Å². The monoisotopic (exact) mass is 428 g/mol. The molecule has 1 aliphatic rings. The van der Waals surface area contributed by atoms with E-state index in [-0.39, 0.29) is 11.8 Å². The van der Waals surface area contributed by atoms with Gasteiger partial charge in [-0.15, -0.1) is 13.2 Å². The molecule has 0 saturated heterocycles. The first kappa shape index (κ1) is 23.0. The second-order valence-corrected chi connectivity index (χ2v) is 9.42. The fourth-order valence-electron chi connectivity index (χ4n) is 3.65. The van der Waals surface area contributed by atoms with E-state index in [1.165, 1.54) is 0 Å². The average molecular weight is 428 g/mol. The molecule has 0 bridgehead atoms. The van der Waals surface area contributed by atoms with Crippen molar-refractivity contribution in [3.8, 4) is 0 Å². The minimum absolute atomic E-state index is 0.109. The third-order valence-electron chi connectivity index (χ3n) is 4.95. The quantitative estimate of drug-likeness (QED) is 0.194. The van der Waals surface area contributed by atoms with Crippen LogP contribution in [0.2, 0.25) is 0 Å². The van der Waals surface area contributed by atoms with Crippen molar-refractivity contribution in [1.82, 2.24) is 0 Å². The van der Waals surface area contributed by atoms with Gasteiger partial charge in [-0.25, -0.2) is 0 Å². The van der Waals surface area contributed by atoms with Crippen LogP contribution in [-0.4, -0.2) is 7.25 Å². The van der Waals surface area contributed by atoms with Gasteiger partial charge in [-0.2, -0.15) is 0 Å². The SMILES string of the molecule is CC(C)c1ccc2cc(C3CCCCCC3)[s+](C(F)(F)F)c2c1.F[B-](F)(F)F. The first-order chi connectivity index (χ1) is 12.9. The van der Waals surface area contributed by atoms with Gasteiger partial charge >= 0.3 is 12.8 Å². The smallest absolute Gasteiger partial charge is 0.418 e. The summed E-state index contributed by atoms with van der Waals surface area (Å²) < 4.78 is 81.1. The molecule has 0 aliphatic heterocycles. The van der Waals surface area contributed by atoms with Crippen LogP contribution in [0.25, 0.3) is 10.1 Å². The van der Waals surface area contributed by atoms with Crippen LogP contribution in [-0.2, 0) is 5.51 Å². The molecule has 1 unspecified atom stereocenters. The van der Waals surface area contributed by atoms with Gasteiger partial charge in [0.15, 0.2) is 9.58 Å². The maximum atomic E-state index is 13.9. The molecule has 1 saturated carbocycles. The number of benzene rings is 1. The largest absolute Gasteiger partial charge is 0.673 e. The first-order valence-corrected chi connectivity index (χ1v) is 10.6. The molecule has 9 heteroatoms. The maximum absolute atomic E-state index is 13.9. The molecule has 0 radical (unpaired) electrons. The van der Waals surface area contributed by atoms with Crippen molar-refractivity contribution in [1.29, 1.82) is 0 Å². The van der Waals surface area contributed by atoms with Crippen molar-refractivity contribution in [3.05, 3.63) is 34.7 Å². The Morgan fingerprint density at radius 2 is 1.46 bits per heavy atom. The van der Waals surface area contributed by atoms with Gasteiger partial charge in [0, 0.05) is 23.4 Å².